The van der Waals surface area contributed by atoms with Crippen molar-refractivity contribution in [3.63, 3.8) is 0 Å². The second-order valence-corrected chi connectivity index (χ2v) is 4.51. The number of ether oxygens (including phenoxy) is 1. The van der Waals surface area contributed by atoms with Gasteiger partial charge in [-0.25, -0.2) is 4.39 Å². The summed E-state index contributed by atoms with van der Waals surface area (Å²) in [5.41, 5.74) is 1.23. The lowest BCUT2D eigenvalue weighted by Gasteiger charge is -2.06. The van der Waals surface area contributed by atoms with Crippen LogP contribution in [0.15, 0.2) is 53.0 Å². The number of rotatable bonds is 4. The van der Waals surface area contributed by atoms with Crippen LogP contribution in [0.1, 0.15) is 5.56 Å². The van der Waals surface area contributed by atoms with Crippen LogP contribution in [-0.2, 0) is 6.42 Å². The minimum Gasteiger partial charge on any atom is -0.493 e. The van der Waals surface area contributed by atoms with E-state index < -0.39 is 0 Å². The molecule has 0 saturated heterocycles. The summed E-state index contributed by atoms with van der Waals surface area (Å²) in [4.78, 5) is 0. The van der Waals surface area contributed by atoms with Crippen molar-refractivity contribution in [1.29, 1.82) is 0 Å². The molecule has 3 heteroatoms. The van der Waals surface area contributed by atoms with Gasteiger partial charge in [0.15, 0.2) is 0 Å². The maximum Gasteiger partial charge on any atom is 0.137 e. The first-order valence-corrected chi connectivity index (χ1v) is 6.17. The molecule has 0 aliphatic rings. The molecule has 0 saturated carbocycles. The highest BCUT2D eigenvalue weighted by molar-refractivity contribution is 9.10. The SMILES string of the molecule is Fc1ccc(OCCc2ccccc2)cc1Br. The van der Waals surface area contributed by atoms with E-state index in [2.05, 4.69) is 28.1 Å². The zero-order chi connectivity index (χ0) is 12.1. The lowest BCUT2D eigenvalue weighted by atomic mass is 10.2. The van der Waals surface area contributed by atoms with Gasteiger partial charge < -0.3 is 4.74 Å². The van der Waals surface area contributed by atoms with Gasteiger partial charge in [-0.2, -0.15) is 0 Å². The molecule has 0 aliphatic carbocycles. The van der Waals surface area contributed by atoms with Gasteiger partial charge in [-0.3, -0.25) is 0 Å². The summed E-state index contributed by atoms with van der Waals surface area (Å²) in [6, 6.07) is 14.8. The fourth-order valence-electron chi connectivity index (χ4n) is 1.50. The molecule has 2 aromatic carbocycles. The van der Waals surface area contributed by atoms with Gasteiger partial charge in [-0.05, 0) is 39.7 Å². The third-order valence-electron chi connectivity index (χ3n) is 2.39. The number of hydrogen-bond acceptors (Lipinski definition) is 1. The first-order valence-electron chi connectivity index (χ1n) is 5.37. The summed E-state index contributed by atoms with van der Waals surface area (Å²) in [7, 11) is 0. The predicted octanol–water partition coefficient (Wildman–Crippen LogP) is 4.21. The van der Waals surface area contributed by atoms with Crippen molar-refractivity contribution < 1.29 is 9.13 Å². The van der Waals surface area contributed by atoms with Crippen LogP contribution >= 0.6 is 15.9 Å². The van der Waals surface area contributed by atoms with E-state index in [4.69, 9.17) is 4.74 Å². The molecule has 2 rings (SSSR count). The molecule has 0 bridgehead atoms. The van der Waals surface area contributed by atoms with Crippen LogP contribution in [0, 0.1) is 5.82 Å². The predicted molar refractivity (Wildman–Crippen MR) is 69.7 cm³/mol. The van der Waals surface area contributed by atoms with Crippen molar-refractivity contribution in [2.24, 2.45) is 0 Å². The van der Waals surface area contributed by atoms with Gasteiger partial charge in [0.1, 0.15) is 11.6 Å². The third kappa shape index (κ3) is 3.56. The Balaban J connectivity index is 1.88. The van der Waals surface area contributed by atoms with Crippen molar-refractivity contribution >= 4 is 15.9 Å². The minimum atomic E-state index is -0.277. The van der Waals surface area contributed by atoms with Crippen molar-refractivity contribution in [1.82, 2.24) is 0 Å². The highest BCUT2D eigenvalue weighted by atomic mass is 79.9. The Bertz CT molecular complexity index is 485. The Labute approximate surface area is 108 Å². The van der Waals surface area contributed by atoms with Crippen LogP contribution in [0.5, 0.6) is 5.75 Å². The van der Waals surface area contributed by atoms with Crippen molar-refractivity contribution in [3.8, 4) is 5.75 Å². The second kappa shape index (κ2) is 5.82. The largest absolute Gasteiger partial charge is 0.493 e. The van der Waals surface area contributed by atoms with Gasteiger partial charge in [0.2, 0.25) is 0 Å². The molecule has 1 nitrogen and oxygen atoms in total. The molecule has 0 N–H and O–H groups in total. The van der Waals surface area contributed by atoms with Crippen molar-refractivity contribution in [2.75, 3.05) is 6.61 Å². The van der Waals surface area contributed by atoms with Crippen molar-refractivity contribution in [3.05, 3.63) is 64.4 Å². The molecule has 0 radical (unpaired) electrons. The number of hydrogen-bond donors (Lipinski definition) is 0. The molecule has 0 aromatic heterocycles. The third-order valence-corrected chi connectivity index (χ3v) is 3.00. The summed E-state index contributed by atoms with van der Waals surface area (Å²) in [5.74, 6) is 0.398. The van der Waals surface area contributed by atoms with E-state index in [1.807, 2.05) is 18.2 Å². The fourth-order valence-corrected chi connectivity index (χ4v) is 1.86. The molecule has 17 heavy (non-hydrogen) atoms. The van der Waals surface area contributed by atoms with Gasteiger partial charge in [0.05, 0.1) is 11.1 Å². The normalized spacial score (nSPS) is 10.2. The second-order valence-electron chi connectivity index (χ2n) is 3.66. The Morgan fingerprint density at radius 3 is 2.53 bits per heavy atom. The minimum absolute atomic E-state index is 0.277. The smallest absolute Gasteiger partial charge is 0.137 e. The molecule has 88 valence electrons. The highest BCUT2D eigenvalue weighted by Gasteiger charge is 2.01. The summed E-state index contributed by atoms with van der Waals surface area (Å²) >= 11 is 3.13. The number of benzene rings is 2. The van der Waals surface area contributed by atoms with Crippen LogP contribution in [0.25, 0.3) is 0 Å². The maximum atomic E-state index is 13.0. The zero-order valence-electron chi connectivity index (χ0n) is 9.20. The molecule has 0 fully saturated rings. The van der Waals surface area contributed by atoms with Crippen LogP contribution < -0.4 is 4.74 Å². The quantitative estimate of drug-likeness (QED) is 0.821. The lowest BCUT2D eigenvalue weighted by Crippen LogP contribution is -2.01. The van der Waals surface area contributed by atoms with Crippen molar-refractivity contribution in [2.45, 2.75) is 6.42 Å². The summed E-state index contributed by atoms with van der Waals surface area (Å²) < 4.78 is 19.0. The summed E-state index contributed by atoms with van der Waals surface area (Å²) in [6.45, 7) is 0.585. The highest BCUT2D eigenvalue weighted by Crippen LogP contribution is 2.21. The van der Waals surface area contributed by atoms with Gasteiger partial charge in [0.25, 0.3) is 0 Å². The van der Waals surface area contributed by atoms with Crippen LogP contribution in [0.4, 0.5) is 4.39 Å². The van der Waals surface area contributed by atoms with Gasteiger partial charge in [0, 0.05) is 6.42 Å². The molecule has 0 amide bonds. The van der Waals surface area contributed by atoms with E-state index in [-0.39, 0.29) is 5.82 Å². The van der Waals surface area contributed by atoms with Gasteiger partial charge in [-0.1, -0.05) is 30.3 Å². The average Bonchev–Trinajstić information content (AvgIpc) is 2.35. The first kappa shape index (κ1) is 12.1. The Morgan fingerprint density at radius 2 is 1.82 bits per heavy atom. The van der Waals surface area contributed by atoms with E-state index in [0.29, 0.717) is 16.8 Å². The maximum absolute atomic E-state index is 13.0. The van der Waals surface area contributed by atoms with Crippen LogP contribution in [0.2, 0.25) is 0 Å². The number of halogens is 2. The van der Waals surface area contributed by atoms with Gasteiger partial charge >= 0.3 is 0 Å². The Kier molecular flexibility index (Phi) is 4.15. The molecule has 0 unspecified atom stereocenters. The topological polar surface area (TPSA) is 9.23 Å². The standard InChI is InChI=1S/C14H12BrFO/c15-13-10-12(6-7-14(13)16)17-9-8-11-4-2-1-3-5-11/h1-7,10H,8-9H2. The Morgan fingerprint density at radius 1 is 1.06 bits per heavy atom. The first-order chi connectivity index (χ1) is 8.25. The Hall–Kier alpha value is -1.35. The molecule has 2 aromatic rings. The molecule has 0 spiro atoms. The lowest BCUT2D eigenvalue weighted by molar-refractivity contribution is 0.321. The van der Waals surface area contributed by atoms with Crippen LogP contribution in [0.3, 0.4) is 0 Å². The summed E-state index contributed by atoms with van der Waals surface area (Å²) in [6.07, 6.45) is 0.843. The average molecular weight is 295 g/mol. The van der Waals surface area contributed by atoms with E-state index in [1.54, 1.807) is 12.1 Å². The van der Waals surface area contributed by atoms with Crippen LogP contribution in [-0.4, -0.2) is 6.61 Å². The summed E-state index contributed by atoms with van der Waals surface area (Å²) in [5, 5.41) is 0. The van der Waals surface area contributed by atoms with Gasteiger partial charge in [-0.15, -0.1) is 0 Å². The van der Waals surface area contributed by atoms with E-state index in [9.17, 15) is 4.39 Å². The van der Waals surface area contributed by atoms with E-state index in [0.717, 1.165) is 6.42 Å². The molecular formula is C14H12BrFO. The monoisotopic (exact) mass is 294 g/mol. The van der Waals surface area contributed by atoms with E-state index in [1.165, 1.54) is 11.6 Å². The fraction of sp³-hybridized carbons (Fsp3) is 0.143. The zero-order valence-corrected chi connectivity index (χ0v) is 10.8. The molecule has 0 heterocycles. The van der Waals surface area contributed by atoms with E-state index >= 15 is 0 Å². The molecule has 0 atom stereocenters. The molecular weight excluding hydrogens is 283 g/mol. The molecule has 0 aliphatic heterocycles.